The van der Waals surface area contributed by atoms with Crippen LogP contribution in [0.2, 0.25) is 0 Å². The molecule has 10 heterocycles. The number of rotatable bonds is 78. The Morgan fingerprint density at radius 1 is 0.179 bits per heavy atom. The van der Waals surface area contributed by atoms with Gasteiger partial charge < -0.3 is 19.6 Å². The zero-order valence-electron chi connectivity index (χ0n) is 87.2. The van der Waals surface area contributed by atoms with Crippen LogP contribution in [0.4, 0.5) is 0 Å². The molecule has 14 heteroatoms. The lowest BCUT2D eigenvalue weighted by Crippen LogP contribution is -2.34. The summed E-state index contributed by atoms with van der Waals surface area (Å²) in [4.78, 5) is 85.0. The van der Waals surface area contributed by atoms with Crippen molar-refractivity contribution in [3.63, 3.8) is 0 Å². The fourth-order valence-electron chi connectivity index (χ4n) is 21.4. The zero-order valence-corrected chi connectivity index (χ0v) is 92.1. The summed E-state index contributed by atoms with van der Waals surface area (Å²) in [6.45, 7) is 29.8. The van der Waals surface area contributed by atoms with Gasteiger partial charge in [-0.05, 0) is 176 Å². The highest BCUT2D eigenvalue weighted by Gasteiger charge is 2.52. The van der Waals surface area contributed by atoms with Gasteiger partial charge in [0.2, 0.25) is 0 Å². The van der Waals surface area contributed by atoms with Crippen LogP contribution in [-0.2, 0) is 19.2 Å². The minimum absolute atomic E-state index is 0.0470. The highest BCUT2D eigenvalue weighted by atomic mass is 32.1. The van der Waals surface area contributed by atoms with Crippen LogP contribution in [0, 0.1) is 51.4 Å². The number of thiophene rings is 6. The Balaban J connectivity index is 0.000000309. The van der Waals surface area contributed by atoms with Gasteiger partial charge in [-0.15, -0.1) is 68.0 Å². The van der Waals surface area contributed by atoms with E-state index in [1.165, 1.54) is 399 Å². The summed E-state index contributed by atoms with van der Waals surface area (Å²) in [6, 6.07) is 26.5. The molecule has 4 aliphatic heterocycles. The predicted molar refractivity (Wildman–Crippen MR) is 592 cm³/mol. The number of hydrogen-bond acceptors (Lipinski definition) is 10. The molecule has 134 heavy (non-hydrogen) atoms. The SMILES string of the molecule is CCCCCCCCC(CCCCCC)CN1C(=O)C2=C(c3ccc(-c4ccc(C)s4)s3)N(CC(CCCCCC)CCCCCCCC)C(=O)C2=C1c1ccc(C)s1.CCCCCCCCCCCCC(CCCCCCCCCC)CN1C(=O)C2=C(c3ccc(-c4ccc(C)s4)s3)N(CC(CCCCCCCCCC)CCCCCCCCCCCC)C(=O)C2=C1c1ccc(C)s1. The summed E-state index contributed by atoms with van der Waals surface area (Å²) < 4.78 is 0. The first-order chi connectivity index (χ1) is 65.6. The second-order valence-electron chi connectivity index (χ2n) is 41.3. The van der Waals surface area contributed by atoms with Crippen LogP contribution >= 0.6 is 68.0 Å². The first-order valence-electron chi connectivity index (χ1n) is 56.3. The molecule has 6 aromatic rings. The van der Waals surface area contributed by atoms with Crippen molar-refractivity contribution in [1.82, 2.24) is 19.6 Å². The van der Waals surface area contributed by atoms with Gasteiger partial charge in [0.15, 0.2) is 0 Å². The van der Waals surface area contributed by atoms with Crippen LogP contribution in [0.15, 0.2) is 95.1 Å². The molecule has 0 N–H and O–H groups in total. The Bertz CT molecular complexity index is 4410. The first kappa shape index (κ1) is 113. The van der Waals surface area contributed by atoms with Crippen molar-refractivity contribution in [3.8, 4) is 19.5 Å². The van der Waals surface area contributed by atoms with Crippen molar-refractivity contribution in [3.05, 3.63) is 134 Å². The maximum absolute atomic E-state index is 15.8. The number of nitrogens with zero attached hydrogens (tertiary/aromatic N) is 4. The maximum Gasteiger partial charge on any atom is 0.261 e. The number of hydrogen-bond donors (Lipinski definition) is 0. The standard InChI is InChI=1S/C68H110N2O2S3.C52H78N2O2S3/c1-7-11-15-19-23-27-29-33-37-41-44-57(43-39-35-31-25-21-17-13-9-3)53-69-65(61-50-48-56(6)74-61)63-64(68(69)72)66(62-52-51-60(75-62)59-49-47-55(5)73-59)70(67(63)71)54-58(45-40-36-32-26-22-18-14-10-4)46-42-38-34-30-28-24-20-16-12-8-2;1-7-11-15-19-21-25-29-41(27-23-17-13-9-3)37-53-49(45-34-32-40(6)58-45)47-48(52(53)56)50(46-36-35-44(59-46)43-33-31-39(5)57-43)54(51(47)55)38-42(28-24-18-14-10-4)30-26-22-20-16-12-8-2/h47-52,57-58H,7-46,53-54H2,1-6H3;31-36,41-42H,7-30,37-38H2,1-6H3. The molecule has 0 bridgehead atoms. The third-order valence-corrected chi connectivity index (χ3v) is 36.0. The summed E-state index contributed by atoms with van der Waals surface area (Å²) >= 11 is 10.7. The molecule has 748 valence electrons. The average molecular weight is 1940 g/mol. The third kappa shape index (κ3) is 37.2. The lowest BCUT2D eigenvalue weighted by atomic mass is 9.93. The number of carbonyl (C=O) groups is 4. The number of fused-ring (bicyclic) bond motifs is 2. The smallest absolute Gasteiger partial charge is 0.261 e. The van der Waals surface area contributed by atoms with Gasteiger partial charge in [0.1, 0.15) is 0 Å². The van der Waals surface area contributed by atoms with Crippen LogP contribution in [0.3, 0.4) is 0 Å². The van der Waals surface area contributed by atoms with Crippen LogP contribution in [0.5, 0.6) is 0 Å². The summed E-state index contributed by atoms with van der Waals surface area (Å²) in [7, 11) is 0. The topological polar surface area (TPSA) is 81.2 Å². The normalized spacial score (nSPS) is 15.0. The molecule has 0 aromatic carbocycles. The lowest BCUT2D eigenvalue weighted by Gasteiger charge is -2.29. The Labute approximate surface area is 844 Å². The van der Waals surface area contributed by atoms with E-state index in [-0.39, 0.29) is 23.6 Å². The summed E-state index contributed by atoms with van der Waals surface area (Å²) in [5.74, 6) is 1.90. The van der Waals surface area contributed by atoms with Crippen LogP contribution < -0.4 is 0 Å². The molecule has 0 spiro atoms. The summed E-state index contributed by atoms with van der Waals surface area (Å²) in [6.07, 6.45) is 82.2. The molecule has 4 unspecified atom stereocenters. The molecule has 0 saturated carbocycles. The number of carbonyl (C=O) groups excluding carboxylic acids is 4. The van der Waals surface area contributed by atoms with Gasteiger partial charge in [0.25, 0.3) is 23.6 Å². The van der Waals surface area contributed by atoms with E-state index in [1.54, 1.807) is 45.3 Å². The van der Waals surface area contributed by atoms with E-state index in [0.29, 0.717) is 72.1 Å². The van der Waals surface area contributed by atoms with Crippen molar-refractivity contribution in [2.45, 2.75) is 494 Å². The van der Waals surface area contributed by atoms with Gasteiger partial charge in [0, 0.05) is 65.2 Å². The molecule has 4 amide bonds. The maximum atomic E-state index is 15.8. The fourth-order valence-corrected chi connectivity index (χ4v) is 27.3. The van der Waals surface area contributed by atoms with Gasteiger partial charge in [-0.1, -0.05) is 415 Å². The van der Waals surface area contributed by atoms with Crippen molar-refractivity contribution >= 4 is 114 Å². The highest BCUT2D eigenvalue weighted by Crippen LogP contribution is 2.54. The summed E-state index contributed by atoms with van der Waals surface area (Å²) in [5, 5.41) is 0. The van der Waals surface area contributed by atoms with E-state index < -0.39 is 0 Å². The average Bonchev–Trinajstić information content (AvgIpc) is 1.56. The molecule has 8 nitrogen and oxygen atoms in total. The molecule has 0 fully saturated rings. The molecule has 0 saturated heterocycles. The van der Waals surface area contributed by atoms with Crippen molar-refractivity contribution < 1.29 is 19.2 Å². The zero-order chi connectivity index (χ0) is 95.3. The highest BCUT2D eigenvalue weighted by molar-refractivity contribution is 7.23. The van der Waals surface area contributed by atoms with Crippen molar-refractivity contribution in [2.24, 2.45) is 23.7 Å². The molecule has 10 rings (SSSR count). The fraction of sp³-hybridized carbons (Fsp3) is 0.700. The minimum Gasteiger partial charge on any atom is -0.306 e. The first-order valence-corrected chi connectivity index (χ1v) is 61.2. The number of aryl methyl sites for hydroxylation is 4. The van der Waals surface area contributed by atoms with Gasteiger partial charge in [-0.25, -0.2) is 0 Å². The Morgan fingerprint density at radius 2 is 0.313 bits per heavy atom. The lowest BCUT2D eigenvalue weighted by molar-refractivity contribution is -0.124. The monoisotopic (exact) mass is 1940 g/mol. The minimum atomic E-state index is 0.0470. The molecule has 0 radical (unpaired) electrons. The van der Waals surface area contributed by atoms with Gasteiger partial charge in [-0.3, -0.25) is 19.2 Å². The molecular formula is C120H188N4O4S6. The van der Waals surface area contributed by atoms with Gasteiger partial charge in [0.05, 0.1) is 64.6 Å². The van der Waals surface area contributed by atoms with Crippen LogP contribution in [-0.4, -0.2) is 69.4 Å². The van der Waals surface area contributed by atoms with Gasteiger partial charge in [-0.2, -0.15) is 0 Å². The number of unbranched alkanes of at least 4 members (excludes halogenated alkanes) is 48. The molecule has 0 aliphatic carbocycles. The predicted octanol–water partition coefficient (Wildman–Crippen LogP) is 39.5. The van der Waals surface area contributed by atoms with E-state index in [2.05, 4.69) is 175 Å². The second kappa shape index (κ2) is 65.9. The van der Waals surface area contributed by atoms with E-state index in [0.717, 1.165) is 93.7 Å². The molecule has 4 atom stereocenters. The van der Waals surface area contributed by atoms with E-state index >= 15 is 19.2 Å². The summed E-state index contributed by atoms with van der Waals surface area (Å²) in [5.41, 5.74) is 6.28. The second-order valence-corrected chi connectivity index (χ2v) is 48.6. The molecule has 6 aromatic heterocycles. The van der Waals surface area contributed by atoms with E-state index in [9.17, 15) is 0 Å². The van der Waals surface area contributed by atoms with Crippen LogP contribution in [0.1, 0.15) is 505 Å². The third-order valence-electron chi connectivity index (χ3n) is 29.4. The Hall–Kier alpha value is -4.96. The largest absolute Gasteiger partial charge is 0.306 e. The van der Waals surface area contributed by atoms with Crippen LogP contribution in [0.25, 0.3) is 42.3 Å². The van der Waals surface area contributed by atoms with E-state index in [1.807, 2.05) is 22.7 Å². The van der Waals surface area contributed by atoms with E-state index in [4.69, 9.17) is 0 Å². The Morgan fingerprint density at radius 3 is 0.485 bits per heavy atom. The quantitative estimate of drug-likeness (QED) is 0.0356. The van der Waals surface area contributed by atoms with Gasteiger partial charge >= 0.3 is 0 Å². The number of amides is 4. The van der Waals surface area contributed by atoms with Crippen molar-refractivity contribution in [1.29, 1.82) is 0 Å². The molecular weight excluding hydrogens is 1750 g/mol. The van der Waals surface area contributed by atoms with Crippen molar-refractivity contribution in [2.75, 3.05) is 26.2 Å². The molecule has 4 aliphatic rings. The Kier molecular flexibility index (Phi) is 55.4.